The smallest absolute Gasteiger partial charge is 0.250 e. The molecule has 0 aliphatic heterocycles. The molecule has 0 atom stereocenters. The second-order valence-electron chi connectivity index (χ2n) is 5.30. The van der Waals surface area contributed by atoms with Gasteiger partial charge in [-0.1, -0.05) is 60.7 Å². The zero-order chi connectivity index (χ0) is 16.6. The summed E-state index contributed by atoms with van der Waals surface area (Å²) in [6, 6.07) is 23.3. The van der Waals surface area contributed by atoms with Gasteiger partial charge in [0.1, 0.15) is 12.7 Å². The minimum Gasteiger partial charge on any atom is -0.359 e. The predicted octanol–water partition coefficient (Wildman–Crippen LogP) is 3.83. The molecule has 4 heteroatoms. The highest BCUT2D eigenvalue weighted by molar-refractivity contribution is 5.91. The topological polar surface area (TPSA) is 51.2 Å². The molecule has 0 radical (unpaired) electrons. The number of nitrogens with one attached hydrogen (secondary N) is 1. The van der Waals surface area contributed by atoms with Crippen LogP contribution >= 0.6 is 0 Å². The summed E-state index contributed by atoms with van der Waals surface area (Å²) in [7, 11) is 0. The van der Waals surface area contributed by atoms with Gasteiger partial charge in [-0.2, -0.15) is 0 Å². The summed E-state index contributed by atoms with van der Waals surface area (Å²) in [6.45, 7) is -0.0383. The Bertz CT molecular complexity index is 722. The molecular formula is C20H18N2O2. The molecule has 120 valence electrons. The average Bonchev–Trinajstić information content (AvgIpc) is 2.64. The fraction of sp³-hybridized carbons (Fsp3) is 0.100. The monoisotopic (exact) mass is 318 g/mol. The summed E-state index contributed by atoms with van der Waals surface area (Å²) >= 11 is 0. The number of pyridine rings is 1. The Morgan fingerprint density at radius 1 is 0.917 bits per heavy atom. The van der Waals surface area contributed by atoms with Gasteiger partial charge >= 0.3 is 0 Å². The molecule has 0 bridgehead atoms. The van der Waals surface area contributed by atoms with Crippen molar-refractivity contribution in [1.29, 1.82) is 0 Å². The zero-order valence-corrected chi connectivity index (χ0v) is 13.1. The quantitative estimate of drug-likeness (QED) is 0.751. The number of ether oxygens (including phenoxy) is 1. The summed E-state index contributed by atoms with van der Waals surface area (Å²) in [4.78, 5) is 16.1. The minimum atomic E-state index is -0.285. The van der Waals surface area contributed by atoms with Crippen LogP contribution in [0.5, 0.6) is 0 Å². The van der Waals surface area contributed by atoms with Crippen molar-refractivity contribution in [3.63, 3.8) is 0 Å². The lowest BCUT2D eigenvalue weighted by atomic mass is 10.0. The van der Waals surface area contributed by atoms with E-state index in [1.165, 1.54) is 0 Å². The second kappa shape index (κ2) is 8.04. The average molecular weight is 318 g/mol. The molecule has 0 fully saturated rings. The molecular weight excluding hydrogens is 300 g/mol. The van der Waals surface area contributed by atoms with Gasteiger partial charge in [0.2, 0.25) is 5.91 Å². The van der Waals surface area contributed by atoms with E-state index in [4.69, 9.17) is 4.74 Å². The van der Waals surface area contributed by atoms with Crippen LogP contribution in [0.1, 0.15) is 17.2 Å². The van der Waals surface area contributed by atoms with E-state index in [2.05, 4.69) is 10.3 Å². The Morgan fingerprint density at radius 3 is 2.08 bits per heavy atom. The standard InChI is InChI=1S/C20H18N2O2/c23-19(22-18-12-7-13-21-14-18)15-24-20(16-8-3-1-4-9-16)17-10-5-2-6-11-17/h1-14,20H,15H2,(H,22,23). The van der Waals surface area contributed by atoms with Gasteiger partial charge in [-0.15, -0.1) is 0 Å². The number of hydrogen-bond acceptors (Lipinski definition) is 3. The van der Waals surface area contributed by atoms with Crippen LogP contribution in [0.3, 0.4) is 0 Å². The summed E-state index contributed by atoms with van der Waals surface area (Å²) < 4.78 is 5.92. The summed E-state index contributed by atoms with van der Waals surface area (Å²) in [5, 5.41) is 2.77. The minimum absolute atomic E-state index is 0.0383. The van der Waals surface area contributed by atoms with Crippen LogP contribution in [0.15, 0.2) is 85.2 Å². The number of benzene rings is 2. The molecule has 1 heterocycles. The maximum atomic E-state index is 12.1. The van der Waals surface area contributed by atoms with Crippen molar-refractivity contribution in [3.8, 4) is 0 Å². The largest absolute Gasteiger partial charge is 0.359 e. The number of aromatic nitrogens is 1. The number of amides is 1. The SMILES string of the molecule is O=C(COC(c1ccccc1)c1ccccc1)Nc1cccnc1. The third-order valence-electron chi connectivity index (χ3n) is 3.53. The van der Waals surface area contributed by atoms with Crippen LogP contribution in [0.25, 0.3) is 0 Å². The van der Waals surface area contributed by atoms with Crippen molar-refractivity contribution in [2.45, 2.75) is 6.10 Å². The van der Waals surface area contributed by atoms with Crippen LogP contribution in [0, 0.1) is 0 Å². The van der Waals surface area contributed by atoms with E-state index in [-0.39, 0.29) is 18.6 Å². The van der Waals surface area contributed by atoms with Gasteiger partial charge in [0.05, 0.1) is 11.9 Å². The number of rotatable bonds is 6. The van der Waals surface area contributed by atoms with E-state index < -0.39 is 0 Å². The van der Waals surface area contributed by atoms with E-state index in [1.54, 1.807) is 24.5 Å². The molecule has 0 spiro atoms. The molecule has 3 rings (SSSR count). The zero-order valence-electron chi connectivity index (χ0n) is 13.1. The van der Waals surface area contributed by atoms with Crippen LogP contribution < -0.4 is 5.32 Å². The maximum absolute atomic E-state index is 12.1. The normalized spacial score (nSPS) is 10.5. The molecule has 0 saturated heterocycles. The molecule has 3 aromatic rings. The van der Waals surface area contributed by atoms with E-state index in [0.717, 1.165) is 11.1 Å². The Balaban J connectivity index is 1.70. The molecule has 0 aliphatic rings. The van der Waals surface area contributed by atoms with Crippen molar-refractivity contribution in [3.05, 3.63) is 96.3 Å². The molecule has 24 heavy (non-hydrogen) atoms. The molecule has 4 nitrogen and oxygen atoms in total. The van der Waals surface area contributed by atoms with Gasteiger partial charge in [0.15, 0.2) is 0 Å². The molecule has 0 aliphatic carbocycles. The first-order chi connectivity index (χ1) is 11.8. The van der Waals surface area contributed by atoms with Gasteiger partial charge < -0.3 is 10.1 Å². The van der Waals surface area contributed by atoms with Crippen molar-refractivity contribution in [2.75, 3.05) is 11.9 Å². The highest BCUT2D eigenvalue weighted by Crippen LogP contribution is 2.25. The number of nitrogens with zero attached hydrogens (tertiary/aromatic N) is 1. The van der Waals surface area contributed by atoms with Gasteiger partial charge in [-0.3, -0.25) is 9.78 Å². The Labute approximate surface area is 141 Å². The van der Waals surface area contributed by atoms with Crippen molar-refractivity contribution in [1.82, 2.24) is 4.98 Å². The van der Waals surface area contributed by atoms with Gasteiger partial charge in [-0.05, 0) is 23.3 Å². The van der Waals surface area contributed by atoms with E-state index in [9.17, 15) is 4.79 Å². The van der Waals surface area contributed by atoms with Crippen LogP contribution in [-0.4, -0.2) is 17.5 Å². The summed E-state index contributed by atoms with van der Waals surface area (Å²) in [6.07, 6.45) is 2.98. The predicted molar refractivity (Wildman–Crippen MR) is 93.5 cm³/mol. The van der Waals surface area contributed by atoms with Crippen LogP contribution in [0.2, 0.25) is 0 Å². The first-order valence-electron chi connectivity index (χ1n) is 7.74. The Kier molecular flexibility index (Phi) is 5.32. The fourth-order valence-corrected chi connectivity index (χ4v) is 2.43. The molecule has 2 aromatic carbocycles. The molecule has 0 unspecified atom stereocenters. The lowest BCUT2D eigenvalue weighted by Gasteiger charge is -2.18. The molecule has 0 saturated carbocycles. The van der Waals surface area contributed by atoms with Crippen molar-refractivity contribution in [2.24, 2.45) is 0 Å². The highest BCUT2D eigenvalue weighted by Gasteiger charge is 2.16. The lowest BCUT2D eigenvalue weighted by molar-refractivity contribution is -0.121. The van der Waals surface area contributed by atoms with E-state index >= 15 is 0 Å². The fourth-order valence-electron chi connectivity index (χ4n) is 2.43. The van der Waals surface area contributed by atoms with Gasteiger partial charge in [0, 0.05) is 6.20 Å². The first-order valence-corrected chi connectivity index (χ1v) is 7.74. The van der Waals surface area contributed by atoms with Gasteiger partial charge in [-0.25, -0.2) is 0 Å². The molecule has 1 aromatic heterocycles. The number of anilines is 1. The molecule has 1 N–H and O–H groups in total. The van der Waals surface area contributed by atoms with Crippen LogP contribution in [-0.2, 0) is 9.53 Å². The second-order valence-corrected chi connectivity index (χ2v) is 5.30. The third-order valence-corrected chi connectivity index (χ3v) is 3.53. The first kappa shape index (κ1) is 15.9. The molecule has 1 amide bonds. The van der Waals surface area contributed by atoms with Crippen molar-refractivity contribution < 1.29 is 9.53 Å². The maximum Gasteiger partial charge on any atom is 0.250 e. The lowest BCUT2D eigenvalue weighted by Crippen LogP contribution is -2.20. The van der Waals surface area contributed by atoms with Gasteiger partial charge in [0.25, 0.3) is 0 Å². The Morgan fingerprint density at radius 2 is 1.54 bits per heavy atom. The number of hydrogen-bond donors (Lipinski definition) is 1. The van der Waals surface area contributed by atoms with Crippen LogP contribution in [0.4, 0.5) is 5.69 Å². The number of carbonyl (C=O) groups is 1. The Hall–Kier alpha value is -2.98. The third kappa shape index (κ3) is 4.27. The van der Waals surface area contributed by atoms with Crippen molar-refractivity contribution >= 4 is 11.6 Å². The summed E-state index contributed by atoms with van der Waals surface area (Å²) in [5.41, 5.74) is 2.68. The highest BCUT2D eigenvalue weighted by atomic mass is 16.5. The van der Waals surface area contributed by atoms with E-state index in [1.807, 2.05) is 60.7 Å². The summed E-state index contributed by atoms with van der Waals surface area (Å²) in [5.74, 6) is -0.208. The van der Waals surface area contributed by atoms with E-state index in [0.29, 0.717) is 5.69 Å². The number of carbonyl (C=O) groups excluding carboxylic acids is 1.